The molecule has 8 heteroatoms. The van der Waals surface area contributed by atoms with Gasteiger partial charge in [-0.1, -0.05) is 6.92 Å². The van der Waals surface area contributed by atoms with Gasteiger partial charge in [-0.05, 0) is 5.92 Å². The largest absolute Gasteiger partial charge is 0.384 e. The second-order valence-electron chi connectivity index (χ2n) is 4.86. The Morgan fingerprint density at radius 2 is 2.10 bits per heavy atom. The fourth-order valence-corrected chi connectivity index (χ4v) is 1.97. The molecular weight excluding hydrogens is 260 g/mol. The third kappa shape index (κ3) is 4.17. The molecule has 1 atom stereocenters. The molecule has 0 bridgehead atoms. The molecule has 112 valence electrons. The van der Waals surface area contributed by atoms with Crippen molar-refractivity contribution < 1.29 is 9.47 Å². The van der Waals surface area contributed by atoms with E-state index in [-0.39, 0.29) is 5.95 Å². The summed E-state index contributed by atoms with van der Waals surface area (Å²) in [5, 5.41) is 3.17. The van der Waals surface area contributed by atoms with E-state index in [1.807, 2.05) is 4.90 Å². The zero-order chi connectivity index (χ0) is 14.4. The van der Waals surface area contributed by atoms with Gasteiger partial charge in [0.05, 0.1) is 19.8 Å². The van der Waals surface area contributed by atoms with Crippen LogP contribution in [0, 0.1) is 5.92 Å². The van der Waals surface area contributed by atoms with Crippen LogP contribution in [0.5, 0.6) is 0 Å². The summed E-state index contributed by atoms with van der Waals surface area (Å²) >= 11 is 0. The van der Waals surface area contributed by atoms with Crippen molar-refractivity contribution in [2.45, 2.75) is 6.92 Å². The van der Waals surface area contributed by atoms with Crippen LogP contribution in [0.3, 0.4) is 0 Å². The second kappa shape index (κ2) is 7.20. The second-order valence-corrected chi connectivity index (χ2v) is 4.86. The van der Waals surface area contributed by atoms with Gasteiger partial charge in [0.2, 0.25) is 17.8 Å². The number of hydrogen-bond acceptors (Lipinski definition) is 8. The molecule has 1 aromatic heterocycles. The molecule has 0 spiro atoms. The number of nitrogens with two attached hydrogens (primary N) is 1. The summed E-state index contributed by atoms with van der Waals surface area (Å²) in [6.07, 6.45) is 0. The average molecular weight is 282 g/mol. The number of nitrogen functional groups attached to an aromatic ring is 1. The standard InChI is InChI=1S/C12H22N6O2/c1-9(8-19-2)7-14-11-15-10(13)16-12(17-11)18-3-5-20-6-4-18/h9H,3-8H2,1-2H3,(H3,13,14,15,16,17). The van der Waals surface area contributed by atoms with Gasteiger partial charge in [-0.15, -0.1) is 0 Å². The van der Waals surface area contributed by atoms with Gasteiger partial charge in [0.25, 0.3) is 0 Å². The van der Waals surface area contributed by atoms with Gasteiger partial charge >= 0.3 is 0 Å². The van der Waals surface area contributed by atoms with Crippen molar-refractivity contribution in [3.63, 3.8) is 0 Å². The highest BCUT2D eigenvalue weighted by Crippen LogP contribution is 2.13. The summed E-state index contributed by atoms with van der Waals surface area (Å²) in [6.45, 7) is 6.39. The maximum atomic E-state index is 5.75. The van der Waals surface area contributed by atoms with E-state index in [0.29, 0.717) is 37.6 Å². The first-order valence-corrected chi connectivity index (χ1v) is 6.76. The number of anilines is 3. The molecule has 1 saturated heterocycles. The molecule has 8 nitrogen and oxygen atoms in total. The third-order valence-corrected chi connectivity index (χ3v) is 2.99. The van der Waals surface area contributed by atoms with Crippen molar-refractivity contribution in [3.8, 4) is 0 Å². The molecule has 0 amide bonds. The zero-order valence-electron chi connectivity index (χ0n) is 12.0. The predicted octanol–water partition coefficient (Wildman–Crippen LogP) is -0.0152. The lowest BCUT2D eigenvalue weighted by Crippen LogP contribution is -2.37. The number of ether oxygens (including phenoxy) is 2. The monoisotopic (exact) mass is 282 g/mol. The van der Waals surface area contributed by atoms with Crippen LogP contribution < -0.4 is 16.0 Å². The Morgan fingerprint density at radius 1 is 1.35 bits per heavy atom. The van der Waals surface area contributed by atoms with Crippen LogP contribution >= 0.6 is 0 Å². The Morgan fingerprint density at radius 3 is 2.80 bits per heavy atom. The van der Waals surface area contributed by atoms with Crippen molar-refractivity contribution in [2.75, 3.05) is 62.5 Å². The lowest BCUT2D eigenvalue weighted by atomic mass is 10.2. The number of morpholine rings is 1. The van der Waals surface area contributed by atoms with E-state index in [9.17, 15) is 0 Å². The number of nitrogens with one attached hydrogen (secondary N) is 1. The Labute approximate surface area is 118 Å². The molecule has 2 rings (SSSR count). The van der Waals surface area contributed by atoms with Crippen molar-refractivity contribution >= 4 is 17.8 Å². The fourth-order valence-electron chi connectivity index (χ4n) is 1.97. The van der Waals surface area contributed by atoms with E-state index in [4.69, 9.17) is 15.2 Å². The molecule has 2 heterocycles. The van der Waals surface area contributed by atoms with E-state index in [1.54, 1.807) is 7.11 Å². The zero-order valence-corrected chi connectivity index (χ0v) is 12.0. The number of rotatable bonds is 6. The minimum absolute atomic E-state index is 0.225. The molecule has 0 aromatic carbocycles. The van der Waals surface area contributed by atoms with Crippen LogP contribution in [0.2, 0.25) is 0 Å². The van der Waals surface area contributed by atoms with Crippen molar-refractivity contribution in [2.24, 2.45) is 5.92 Å². The molecular formula is C12H22N6O2. The summed E-state index contributed by atoms with van der Waals surface area (Å²) in [5.74, 6) is 1.69. The molecule has 1 aliphatic rings. The lowest BCUT2D eigenvalue weighted by Gasteiger charge is -2.26. The van der Waals surface area contributed by atoms with E-state index in [1.165, 1.54) is 0 Å². The maximum Gasteiger partial charge on any atom is 0.232 e. The highest BCUT2D eigenvalue weighted by atomic mass is 16.5. The molecule has 1 fully saturated rings. The Bertz CT molecular complexity index is 424. The number of hydrogen-bond donors (Lipinski definition) is 2. The van der Waals surface area contributed by atoms with Gasteiger partial charge in [-0.3, -0.25) is 0 Å². The molecule has 3 N–H and O–H groups in total. The smallest absolute Gasteiger partial charge is 0.232 e. The predicted molar refractivity (Wildman–Crippen MR) is 76.8 cm³/mol. The fraction of sp³-hybridized carbons (Fsp3) is 0.750. The molecule has 1 aromatic rings. The van der Waals surface area contributed by atoms with Crippen molar-refractivity contribution in [3.05, 3.63) is 0 Å². The van der Waals surface area contributed by atoms with Crippen molar-refractivity contribution in [1.29, 1.82) is 0 Å². The molecule has 1 unspecified atom stereocenters. The number of methoxy groups -OCH3 is 1. The van der Waals surface area contributed by atoms with Gasteiger partial charge in [0, 0.05) is 26.7 Å². The topological polar surface area (TPSA) is 98.4 Å². The van der Waals surface area contributed by atoms with Crippen LogP contribution in [-0.2, 0) is 9.47 Å². The number of nitrogens with zero attached hydrogens (tertiary/aromatic N) is 4. The Kier molecular flexibility index (Phi) is 5.31. The minimum atomic E-state index is 0.225. The minimum Gasteiger partial charge on any atom is -0.384 e. The third-order valence-electron chi connectivity index (χ3n) is 2.99. The average Bonchev–Trinajstić information content (AvgIpc) is 2.46. The van der Waals surface area contributed by atoms with Gasteiger partial charge in [0.15, 0.2) is 0 Å². The summed E-state index contributed by atoms with van der Waals surface area (Å²) in [6, 6.07) is 0. The quantitative estimate of drug-likeness (QED) is 0.751. The summed E-state index contributed by atoms with van der Waals surface area (Å²) < 4.78 is 10.4. The van der Waals surface area contributed by atoms with E-state index < -0.39 is 0 Å². The van der Waals surface area contributed by atoms with Crippen molar-refractivity contribution in [1.82, 2.24) is 15.0 Å². The molecule has 20 heavy (non-hydrogen) atoms. The van der Waals surface area contributed by atoms with Gasteiger partial charge in [-0.2, -0.15) is 15.0 Å². The highest BCUT2D eigenvalue weighted by Gasteiger charge is 2.16. The normalized spacial score (nSPS) is 17.0. The van der Waals surface area contributed by atoms with E-state index in [2.05, 4.69) is 27.2 Å². The Hall–Kier alpha value is -1.67. The molecule has 0 radical (unpaired) electrons. The molecule has 0 aliphatic carbocycles. The summed E-state index contributed by atoms with van der Waals surface area (Å²) in [5.41, 5.74) is 5.75. The number of aromatic nitrogens is 3. The van der Waals surface area contributed by atoms with E-state index in [0.717, 1.165) is 19.6 Å². The summed E-state index contributed by atoms with van der Waals surface area (Å²) in [7, 11) is 1.69. The van der Waals surface area contributed by atoms with E-state index >= 15 is 0 Å². The van der Waals surface area contributed by atoms with Gasteiger partial charge < -0.3 is 25.4 Å². The van der Waals surface area contributed by atoms with Crippen LogP contribution in [0.15, 0.2) is 0 Å². The highest BCUT2D eigenvalue weighted by molar-refractivity contribution is 5.42. The van der Waals surface area contributed by atoms with Gasteiger partial charge in [-0.25, -0.2) is 0 Å². The van der Waals surface area contributed by atoms with Crippen LogP contribution in [0.1, 0.15) is 6.92 Å². The van der Waals surface area contributed by atoms with Gasteiger partial charge in [0.1, 0.15) is 0 Å². The maximum absolute atomic E-state index is 5.75. The molecule has 0 saturated carbocycles. The first kappa shape index (κ1) is 14.7. The Balaban J connectivity index is 2.00. The van der Waals surface area contributed by atoms with Crippen LogP contribution in [-0.4, -0.2) is 61.5 Å². The lowest BCUT2D eigenvalue weighted by molar-refractivity contribution is 0.122. The van der Waals surface area contributed by atoms with Crippen LogP contribution in [0.25, 0.3) is 0 Å². The SMILES string of the molecule is COCC(C)CNc1nc(N)nc(N2CCOCC2)n1. The van der Waals surface area contributed by atoms with Crippen LogP contribution in [0.4, 0.5) is 17.8 Å². The first-order chi connectivity index (χ1) is 9.69. The summed E-state index contributed by atoms with van der Waals surface area (Å²) in [4.78, 5) is 14.7. The first-order valence-electron chi connectivity index (χ1n) is 6.76. The molecule has 1 aliphatic heterocycles.